The van der Waals surface area contributed by atoms with Crippen molar-refractivity contribution in [3.05, 3.63) is 21.7 Å². The third-order valence-corrected chi connectivity index (χ3v) is 2.80. The lowest BCUT2D eigenvalue weighted by molar-refractivity contribution is -0.391. The lowest BCUT2D eigenvalue weighted by Gasteiger charge is -2.10. The molecular formula is C7H4F5N3O5S. The highest BCUT2D eigenvalue weighted by molar-refractivity contribution is 7.89. The molecule has 8 nitrogen and oxygen atoms in total. The van der Waals surface area contributed by atoms with Crippen molar-refractivity contribution in [1.82, 2.24) is 4.98 Å². The van der Waals surface area contributed by atoms with Gasteiger partial charge in [0.15, 0.2) is 4.90 Å². The first-order valence-electron chi connectivity index (χ1n) is 4.59. The van der Waals surface area contributed by atoms with Gasteiger partial charge in [-0.1, -0.05) is 0 Å². The molecular weight excluding hydrogens is 333 g/mol. The van der Waals surface area contributed by atoms with Crippen LogP contribution in [0.15, 0.2) is 11.0 Å². The van der Waals surface area contributed by atoms with Crippen LogP contribution in [0.1, 0.15) is 12.0 Å². The lowest BCUT2D eigenvalue weighted by atomic mass is 10.2. The second kappa shape index (κ2) is 5.36. The number of halogens is 5. The van der Waals surface area contributed by atoms with E-state index < -0.39 is 49.9 Å². The second-order valence-electron chi connectivity index (χ2n) is 3.36. The second-order valence-corrected chi connectivity index (χ2v) is 4.88. The Hall–Kier alpha value is -2.09. The maximum absolute atomic E-state index is 12.6. The summed E-state index contributed by atoms with van der Waals surface area (Å²) in [5.41, 5.74) is -1.52. The molecule has 0 aliphatic carbocycles. The van der Waals surface area contributed by atoms with Gasteiger partial charge in [0.25, 0.3) is 6.43 Å². The summed E-state index contributed by atoms with van der Waals surface area (Å²) in [5, 5.41) is 15.0. The number of nitrogens with two attached hydrogens (primary N) is 1. The summed E-state index contributed by atoms with van der Waals surface area (Å²) in [6.45, 7) is 0. The SMILES string of the molecule is NS(=O)(=O)c1cc(C(F)F)c([N+](=O)[O-])nc1OC(F)(F)F. The third kappa shape index (κ3) is 4.19. The number of ether oxygens (including phenoxy) is 1. The molecule has 0 atom stereocenters. The lowest BCUT2D eigenvalue weighted by Crippen LogP contribution is -2.22. The zero-order chi connectivity index (χ0) is 16.6. The molecule has 0 aliphatic rings. The third-order valence-electron chi connectivity index (χ3n) is 1.89. The van der Waals surface area contributed by atoms with Gasteiger partial charge in [-0.3, -0.25) is 0 Å². The maximum atomic E-state index is 12.6. The fourth-order valence-corrected chi connectivity index (χ4v) is 1.80. The number of nitrogens with zero attached hydrogens (tertiary/aromatic N) is 2. The van der Waals surface area contributed by atoms with Crippen molar-refractivity contribution in [3.63, 3.8) is 0 Å². The summed E-state index contributed by atoms with van der Waals surface area (Å²) in [7, 11) is -4.95. The molecule has 0 saturated heterocycles. The fourth-order valence-electron chi connectivity index (χ4n) is 1.18. The van der Waals surface area contributed by atoms with Crippen molar-refractivity contribution in [2.45, 2.75) is 17.7 Å². The van der Waals surface area contributed by atoms with Crippen LogP contribution >= 0.6 is 0 Å². The summed E-state index contributed by atoms with van der Waals surface area (Å²) in [6, 6.07) is -0.0911. The van der Waals surface area contributed by atoms with E-state index in [2.05, 4.69) is 14.9 Å². The molecule has 1 aromatic heterocycles. The molecule has 1 rings (SSSR count). The van der Waals surface area contributed by atoms with Gasteiger partial charge in [0.2, 0.25) is 10.0 Å². The molecule has 1 heterocycles. The molecule has 0 aliphatic heterocycles. The van der Waals surface area contributed by atoms with E-state index in [1.165, 1.54) is 0 Å². The number of rotatable bonds is 4. The van der Waals surface area contributed by atoms with Crippen molar-refractivity contribution in [2.75, 3.05) is 0 Å². The molecule has 0 aromatic carbocycles. The normalized spacial score (nSPS) is 12.5. The van der Waals surface area contributed by atoms with Crippen LogP contribution in [0.3, 0.4) is 0 Å². The molecule has 0 spiro atoms. The average molecular weight is 337 g/mol. The van der Waals surface area contributed by atoms with E-state index in [4.69, 9.17) is 0 Å². The Morgan fingerprint density at radius 3 is 2.24 bits per heavy atom. The van der Waals surface area contributed by atoms with Gasteiger partial charge >= 0.3 is 18.1 Å². The Morgan fingerprint density at radius 1 is 1.38 bits per heavy atom. The summed E-state index contributed by atoms with van der Waals surface area (Å²) in [5.74, 6) is -3.50. The zero-order valence-corrected chi connectivity index (χ0v) is 10.3. The Balaban J connectivity index is 3.68. The van der Waals surface area contributed by atoms with Gasteiger partial charge < -0.3 is 14.9 Å². The zero-order valence-electron chi connectivity index (χ0n) is 9.47. The minimum atomic E-state index is -5.47. The smallest absolute Gasteiger partial charge is 0.365 e. The Morgan fingerprint density at radius 2 is 1.90 bits per heavy atom. The number of hydrogen-bond acceptors (Lipinski definition) is 6. The van der Waals surface area contributed by atoms with E-state index in [0.717, 1.165) is 0 Å². The Kier molecular flexibility index (Phi) is 4.33. The van der Waals surface area contributed by atoms with E-state index in [9.17, 15) is 40.5 Å². The average Bonchev–Trinajstić information content (AvgIpc) is 2.23. The monoisotopic (exact) mass is 337 g/mol. The number of nitro groups is 1. The topological polar surface area (TPSA) is 125 Å². The van der Waals surface area contributed by atoms with Crippen LogP contribution in [0.4, 0.5) is 27.8 Å². The highest BCUT2D eigenvalue weighted by Crippen LogP contribution is 2.35. The van der Waals surface area contributed by atoms with Gasteiger partial charge in [0.05, 0.1) is 0 Å². The summed E-state index contributed by atoms with van der Waals surface area (Å²) >= 11 is 0. The molecule has 0 amide bonds. The first-order chi connectivity index (χ1) is 9.33. The summed E-state index contributed by atoms with van der Waals surface area (Å²) < 4.78 is 86.7. The highest BCUT2D eigenvalue weighted by atomic mass is 32.2. The van der Waals surface area contributed by atoms with E-state index in [1.54, 1.807) is 0 Å². The number of alkyl halides is 5. The van der Waals surface area contributed by atoms with Crippen molar-refractivity contribution in [3.8, 4) is 5.88 Å². The standard InChI is InChI=1S/C7H4F5N3O5S/c8-4(9)2-1-3(21(13,18)19)6(20-7(10,11)12)14-5(2)15(16)17/h1,4H,(H2,13,18,19). The molecule has 2 N–H and O–H groups in total. The molecule has 0 saturated carbocycles. The van der Waals surface area contributed by atoms with Crippen molar-refractivity contribution < 1.29 is 40.0 Å². The van der Waals surface area contributed by atoms with Gasteiger partial charge in [-0.2, -0.15) is 0 Å². The van der Waals surface area contributed by atoms with Crippen LogP contribution < -0.4 is 9.88 Å². The van der Waals surface area contributed by atoms with E-state index in [1.807, 2.05) is 0 Å². The first kappa shape index (κ1) is 17.0. The van der Waals surface area contributed by atoms with Crippen LogP contribution in [0.5, 0.6) is 5.88 Å². The van der Waals surface area contributed by atoms with Crippen LogP contribution in [-0.2, 0) is 10.0 Å². The van der Waals surface area contributed by atoms with Crippen molar-refractivity contribution >= 4 is 15.8 Å². The number of sulfonamides is 1. The van der Waals surface area contributed by atoms with Gasteiger partial charge in [-0.25, -0.2) is 22.3 Å². The Bertz CT molecular complexity index is 674. The molecule has 0 radical (unpaired) electrons. The van der Waals surface area contributed by atoms with Gasteiger partial charge in [0, 0.05) is 4.98 Å². The van der Waals surface area contributed by atoms with Crippen molar-refractivity contribution in [2.24, 2.45) is 5.14 Å². The number of primary sulfonamides is 1. The minimum absolute atomic E-state index is 0.0911. The predicted octanol–water partition coefficient (Wildman–Crippen LogP) is 1.47. The van der Waals surface area contributed by atoms with Crippen LogP contribution in [0.2, 0.25) is 0 Å². The maximum Gasteiger partial charge on any atom is 0.575 e. The van der Waals surface area contributed by atoms with Crippen LogP contribution in [-0.4, -0.2) is 24.7 Å². The van der Waals surface area contributed by atoms with Crippen LogP contribution in [0, 0.1) is 10.1 Å². The quantitative estimate of drug-likeness (QED) is 0.504. The van der Waals surface area contributed by atoms with Gasteiger partial charge in [0.1, 0.15) is 5.56 Å². The molecule has 0 fully saturated rings. The molecule has 1 aromatic rings. The molecule has 0 bridgehead atoms. The van der Waals surface area contributed by atoms with Crippen molar-refractivity contribution in [1.29, 1.82) is 0 Å². The van der Waals surface area contributed by atoms with Gasteiger partial charge in [-0.05, 0) is 11.0 Å². The summed E-state index contributed by atoms with van der Waals surface area (Å²) in [4.78, 5) is 9.99. The number of hydrogen-bond donors (Lipinski definition) is 1. The minimum Gasteiger partial charge on any atom is -0.365 e. The molecule has 21 heavy (non-hydrogen) atoms. The number of aromatic nitrogens is 1. The van der Waals surface area contributed by atoms with E-state index in [-0.39, 0.29) is 6.07 Å². The Labute approximate surface area is 112 Å². The highest BCUT2D eigenvalue weighted by Gasteiger charge is 2.39. The van der Waals surface area contributed by atoms with E-state index >= 15 is 0 Å². The van der Waals surface area contributed by atoms with Crippen LogP contribution in [0.25, 0.3) is 0 Å². The molecule has 118 valence electrons. The molecule has 14 heteroatoms. The number of pyridine rings is 1. The van der Waals surface area contributed by atoms with E-state index in [0.29, 0.717) is 0 Å². The fraction of sp³-hybridized carbons (Fsp3) is 0.286. The van der Waals surface area contributed by atoms with Gasteiger partial charge in [-0.15, -0.1) is 13.2 Å². The predicted molar refractivity (Wildman–Crippen MR) is 53.9 cm³/mol. The summed E-state index contributed by atoms with van der Waals surface area (Å²) in [6.07, 6.45) is -9.04. The first-order valence-corrected chi connectivity index (χ1v) is 6.13. The largest absolute Gasteiger partial charge is 0.575 e. The molecule has 0 unspecified atom stereocenters.